The molecule has 7 aromatic rings. The quantitative estimate of drug-likeness (QED) is 0.167. The van der Waals surface area contributed by atoms with Gasteiger partial charge in [0.15, 0.2) is 0 Å². The van der Waals surface area contributed by atoms with Crippen molar-refractivity contribution in [3.05, 3.63) is 144 Å². The summed E-state index contributed by atoms with van der Waals surface area (Å²) in [6, 6.07) is 47.5. The van der Waals surface area contributed by atoms with Gasteiger partial charge < -0.3 is 9.80 Å². The highest BCUT2D eigenvalue weighted by atomic mass is 15.1. The Bertz CT molecular complexity index is 2530. The molecule has 0 bridgehead atoms. The van der Waals surface area contributed by atoms with E-state index in [1.54, 1.807) is 0 Å². The van der Waals surface area contributed by atoms with E-state index in [-0.39, 0.29) is 10.8 Å². The Kier molecular flexibility index (Phi) is 7.63. The molecular formula is C54H52N2. The van der Waals surface area contributed by atoms with Gasteiger partial charge in [0, 0.05) is 48.4 Å². The van der Waals surface area contributed by atoms with Gasteiger partial charge in [-0.2, -0.15) is 0 Å². The van der Waals surface area contributed by atoms with E-state index in [4.69, 9.17) is 0 Å². The van der Waals surface area contributed by atoms with Gasteiger partial charge >= 0.3 is 0 Å². The van der Waals surface area contributed by atoms with Crippen LogP contribution in [0.4, 0.5) is 11.4 Å². The van der Waals surface area contributed by atoms with Gasteiger partial charge in [0.05, 0.1) is 0 Å². The Labute approximate surface area is 332 Å². The van der Waals surface area contributed by atoms with Crippen LogP contribution in [0.3, 0.4) is 0 Å². The molecule has 7 aromatic carbocycles. The summed E-state index contributed by atoms with van der Waals surface area (Å²) in [6.07, 6.45) is 7.70. The van der Waals surface area contributed by atoms with E-state index >= 15 is 0 Å². The van der Waals surface area contributed by atoms with E-state index in [0.29, 0.717) is 0 Å². The fraction of sp³-hybridized carbons (Fsp3) is 0.296. The maximum Gasteiger partial charge on any atom is 0.0372 e. The minimum absolute atomic E-state index is 0.131. The predicted octanol–water partition coefficient (Wildman–Crippen LogP) is 13.9. The molecule has 2 fully saturated rings. The first-order valence-electron chi connectivity index (χ1n) is 21.3. The monoisotopic (exact) mass is 728 g/mol. The van der Waals surface area contributed by atoms with Gasteiger partial charge in [-0.05, 0) is 151 Å². The number of fused-ring (bicyclic) bond motifs is 8. The summed E-state index contributed by atoms with van der Waals surface area (Å²) < 4.78 is 0. The standard InChI is InChI=1S/C54H52N2/c1-53(2)47-23-9-7-17-37(47)41-19-15-21-43(51(41)53)49-39-27-25-36(56-31-13-6-14-32-56)34-46(39)50(40-28-26-35(33-45(40)49)55-29-11-5-12-30-55)44-22-16-20-42-38-18-8-10-24-48(38)54(3,4)52(42)44/h7-10,15-28,33-34H,5-6,11-14,29-32H2,1-4H3. The number of hydrogen-bond donors (Lipinski definition) is 0. The molecule has 2 saturated heterocycles. The molecule has 2 heterocycles. The van der Waals surface area contributed by atoms with Crippen molar-refractivity contribution in [1.82, 2.24) is 0 Å². The van der Waals surface area contributed by atoms with Crippen LogP contribution >= 0.6 is 0 Å². The average Bonchev–Trinajstić information content (AvgIpc) is 3.63. The Balaban J connectivity index is 1.28. The summed E-state index contributed by atoms with van der Waals surface area (Å²) in [5.74, 6) is 0. The number of anilines is 2. The SMILES string of the molecule is CC1(C)c2ccccc2-c2cccc(-c3c4ccc(N5CCCCC5)cc4c(-c4cccc5c4C(C)(C)c4ccccc4-5)c4ccc(N5CCCCC5)cc34)c21. The van der Waals surface area contributed by atoms with Gasteiger partial charge in [0.25, 0.3) is 0 Å². The largest absolute Gasteiger partial charge is 0.372 e. The van der Waals surface area contributed by atoms with Crippen LogP contribution in [0.25, 0.3) is 66.1 Å². The summed E-state index contributed by atoms with van der Waals surface area (Å²) in [7, 11) is 0. The lowest BCUT2D eigenvalue weighted by molar-refractivity contribution is 0.578. The Morgan fingerprint density at radius 2 is 0.732 bits per heavy atom. The smallest absolute Gasteiger partial charge is 0.0372 e. The predicted molar refractivity (Wildman–Crippen MR) is 240 cm³/mol. The lowest BCUT2D eigenvalue weighted by Gasteiger charge is -2.32. The Morgan fingerprint density at radius 1 is 0.357 bits per heavy atom. The summed E-state index contributed by atoms with van der Waals surface area (Å²) in [5, 5.41) is 5.45. The van der Waals surface area contributed by atoms with Gasteiger partial charge in [0.1, 0.15) is 0 Å². The molecule has 2 heteroatoms. The van der Waals surface area contributed by atoms with Crippen molar-refractivity contribution in [3.63, 3.8) is 0 Å². The van der Waals surface area contributed by atoms with E-state index in [0.717, 1.165) is 26.2 Å². The van der Waals surface area contributed by atoms with Crippen LogP contribution in [0.2, 0.25) is 0 Å². The third-order valence-corrected chi connectivity index (χ3v) is 14.2. The zero-order valence-electron chi connectivity index (χ0n) is 33.5. The summed E-state index contributed by atoms with van der Waals surface area (Å²) in [6.45, 7) is 14.3. The molecule has 0 aromatic heterocycles. The lowest BCUT2D eigenvalue weighted by Crippen LogP contribution is -2.29. The number of rotatable bonds is 4. The molecule has 4 aliphatic rings. The molecule has 0 radical (unpaired) electrons. The Morgan fingerprint density at radius 3 is 1.16 bits per heavy atom. The molecule has 278 valence electrons. The van der Waals surface area contributed by atoms with Crippen molar-refractivity contribution >= 4 is 32.9 Å². The molecule has 0 atom stereocenters. The van der Waals surface area contributed by atoms with E-state index < -0.39 is 0 Å². The van der Waals surface area contributed by atoms with Crippen LogP contribution in [0, 0.1) is 0 Å². The maximum absolute atomic E-state index is 2.64. The number of nitrogens with zero attached hydrogens (tertiary/aromatic N) is 2. The van der Waals surface area contributed by atoms with Gasteiger partial charge in [-0.15, -0.1) is 0 Å². The molecule has 11 rings (SSSR count). The molecule has 0 saturated carbocycles. The van der Waals surface area contributed by atoms with Crippen molar-refractivity contribution in [1.29, 1.82) is 0 Å². The van der Waals surface area contributed by atoms with E-state index in [2.05, 4.69) is 159 Å². The van der Waals surface area contributed by atoms with Crippen LogP contribution in [0.15, 0.2) is 121 Å². The van der Waals surface area contributed by atoms with Crippen LogP contribution in [0.5, 0.6) is 0 Å². The molecule has 2 nitrogen and oxygen atoms in total. The first-order chi connectivity index (χ1) is 27.3. The van der Waals surface area contributed by atoms with Gasteiger partial charge in [-0.25, -0.2) is 0 Å². The molecule has 2 aliphatic carbocycles. The Hall–Kier alpha value is -5.34. The molecular weight excluding hydrogens is 677 g/mol. The van der Waals surface area contributed by atoms with E-state index in [9.17, 15) is 0 Å². The van der Waals surface area contributed by atoms with Crippen molar-refractivity contribution in [2.24, 2.45) is 0 Å². The molecule has 2 aliphatic heterocycles. The summed E-state index contributed by atoms with van der Waals surface area (Å²) >= 11 is 0. The minimum atomic E-state index is -0.131. The van der Waals surface area contributed by atoms with Crippen molar-refractivity contribution in [3.8, 4) is 44.5 Å². The average molecular weight is 729 g/mol. The summed E-state index contributed by atoms with van der Waals surface area (Å²) in [4.78, 5) is 5.29. The second-order valence-corrected chi connectivity index (χ2v) is 18.1. The molecule has 56 heavy (non-hydrogen) atoms. The van der Waals surface area contributed by atoms with Crippen molar-refractivity contribution < 1.29 is 0 Å². The zero-order valence-corrected chi connectivity index (χ0v) is 33.5. The summed E-state index contributed by atoms with van der Waals surface area (Å²) in [5.41, 5.74) is 19.2. The first kappa shape index (κ1) is 34.0. The van der Waals surface area contributed by atoms with E-state index in [1.165, 1.54) is 138 Å². The van der Waals surface area contributed by atoms with Gasteiger partial charge in [0.2, 0.25) is 0 Å². The fourth-order valence-electron chi connectivity index (χ4n) is 11.6. The molecule has 0 amide bonds. The number of piperidine rings is 2. The maximum atomic E-state index is 2.64. The van der Waals surface area contributed by atoms with Crippen LogP contribution in [0.1, 0.15) is 88.5 Å². The van der Waals surface area contributed by atoms with Crippen molar-refractivity contribution in [2.75, 3.05) is 36.0 Å². The number of benzene rings is 7. The highest BCUT2D eigenvalue weighted by molar-refractivity contribution is 6.23. The zero-order chi connectivity index (χ0) is 37.8. The second-order valence-electron chi connectivity index (χ2n) is 18.1. The highest BCUT2D eigenvalue weighted by Gasteiger charge is 2.40. The first-order valence-corrected chi connectivity index (χ1v) is 21.3. The minimum Gasteiger partial charge on any atom is -0.372 e. The topological polar surface area (TPSA) is 6.48 Å². The molecule has 0 spiro atoms. The van der Waals surface area contributed by atoms with E-state index in [1.807, 2.05) is 0 Å². The fourth-order valence-corrected chi connectivity index (χ4v) is 11.6. The van der Waals surface area contributed by atoms with Crippen LogP contribution < -0.4 is 9.80 Å². The molecule has 0 unspecified atom stereocenters. The third kappa shape index (κ3) is 4.87. The third-order valence-electron chi connectivity index (χ3n) is 14.2. The second kappa shape index (κ2) is 12.6. The molecule has 0 N–H and O–H groups in total. The normalized spacial score (nSPS) is 17.9. The van der Waals surface area contributed by atoms with Gasteiger partial charge in [-0.3, -0.25) is 0 Å². The van der Waals surface area contributed by atoms with Crippen LogP contribution in [-0.4, -0.2) is 26.2 Å². The number of hydrogen-bond acceptors (Lipinski definition) is 2. The van der Waals surface area contributed by atoms with Crippen LogP contribution in [-0.2, 0) is 10.8 Å². The van der Waals surface area contributed by atoms with Gasteiger partial charge in [-0.1, -0.05) is 125 Å². The van der Waals surface area contributed by atoms with Crippen molar-refractivity contribution in [2.45, 2.75) is 77.0 Å². The highest BCUT2D eigenvalue weighted by Crippen LogP contribution is 2.57. The lowest BCUT2D eigenvalue weighted by atomic mass is 9.75.